The molecule has 5 nitrogen and oxygen atoms in total. The third kappa shape index (κ3) is 4.05. The largest absolute Gasteiger partial charge is 0.481 e. The van der Waals surface area contributed by atoms with Crippen LogP contribution in [0.25, 0.3) is 0 Å². The van der Waals surface area contributed by atoms with Crippen molar-refractivity contribution in [2.75, 3.05) is 13.1 Å². The molecule has 2 unspecified atom stereocenters. The number of rotatable bonds is 5. The zero-order valence-corrected chi connectivity index (χ0v) is 11.2. The summed E-state index contributed by atoms with van der Waals surface area (Å²) in [5.74, 6) is -0.894. The fourth-order valence-electron chi connectivity index (χ4n) is 2.04. The zero-order chi connectivity index (χ0) is 13.7. The smallest absolute Gasteiger partial charge is 0.317 e. The van der Waals surface area contributed by atoms with Crippen molar-refractivity contribution in [3.05, 3.63) is 12.2 Å². The van der Waals surface area contributed by atoms with Crippen LogP contribution in [0.1, 0.15) is 27.2 Å². The minimum atomic E-state index is -0.836. The Morgan fingerprint density at radius 1 is 1.44 bits per heavy atom. The molecule has 0 aromatic rings. The molecule has 1 rings (SSSR count). The fraction of sp³-hybridized carbons (Fsp3) is 0.692. The van der Waals surface area contributed by atoms with E-state index in [0.717, 1.165) is 0 Å². The monoisotopic (exact) mass is 254 g/mol. The second kappa shape index (κ2) is 6.42. The lowest BCUT2D eigenvalue weighted by Gasteiger charge is -2.25. The van der Waals surface area contributed by atoms with Crippen LogP contribution in [0, 0.1) is 11.8 Å². The second-order valence-electron chi connectivity index (χ2n) is 5.05. The number of aliphatic carboxylic acids is 1. The minimum Gasteiger partial charge on any atom is -0.481 e. The molecule has 2 amide bonds. The van der Waals surface area contributed by atoms with Crippen molar-refractivity contribution >= 4 is 12.0 Å². The molecule has 0 spiro atoms. The van der Waals surface area contributed by atoms with Gasteiger partial charge in [0.1, 0.15) is 0 Å². The maximum Gasteiger partial charge on any atom is 0.317 e. The number of carboxylic acid groups (broad SMARTS) is 1. The molecule has 0 fully saturated rings. The number of nitrogens with one attached hydrogen (secondary N) is 1. The summed E-state index contributed by atoms with van der Waals surface area (Å²) in [7, 11) is 0. The van der Waals surface area contributed by atoms with Crippen LogP contribution in [0.2, 0.25) is 0 Å². The van der Waals surface area contributed by atoms with Gasteiger partial charge in [0.05, 0.1) is 12.0 Å². The molecule has 5 heteroatoms. The molecule has 102 valence electrons. The Morgan fingerprint density at radius 3 is 2.56 bits per heavy atom. The molecule has 0 aliphatic heterocycles. The summed E-state index contributed by atoms with van der Waals surface area (Å²) in [6, 6.07) is -0.285. The third-order valence-electron chi connectivity index (χ3n) is 2.96. The van der Waals surface area contributed by atoms with Crippen LogP contribution in [-0.2, 0) is 4.79 Å². The first-order valence-electron chi connectivity index (χ1n) is 6.40. The van der Waals surface area contributed by atoms with Gasteiger partial charge in [-0.05, 0) is 19.3 Å². The molecule has 0 saturated heterocycles. The van der Waals surface area contributed by atoms with Crippen molar-refractivity contribution in [2.24, 2.45) is 11.8 Å². The first-order valence-corrected chi connectivity index (χ1v) is 6.40. The van der Waals surface area contributed by atoms with E-state index >= 15 is 0 Å². The van der Waals surface area contributed by atoms with Crippen molar-refractivity contribution in [1.82, 2.24) is 10.2 Å². The molecule has 0 radical (unpaired) electrons. The van der Waals surface area contributed by atoms with Gasteiger partial charge in [0, 0.05) is 13.1 Å². The van der Waals surface area contributed by atoms with Gasteiger partial charge in [-0.3, -0.25) is 4.79 Å². The van der Waals surface area contributed by atoms with E-state index in [-0.39, 0.29) is 12.1 Å². The Balaban J connectivity index is 2.45. The number of carboxylic acids is 1. The molecule has 0 aromatic heterocycles. The van der Waals surface area contributed by atoms with E-state index in [1.54, 1.807) is 17.1 Å². The molecule has 18 heavy (non-hydrogen) atoms. The van der Waals surface area contributed by atoms with E-state index < -0.39 is 11.9 Å². The van der Waals surface area contributed by atoms with Crippen LogP contribution in [-0.4, -0.2) is 41.1 Å². The highest BCUT2D eigenvalue weighted by atomic mass is 16.4. The van der Waals surface area contributed by atoms with E-state index in [4.69, 9.17) is 5.11 Å². The highest BCUT2D eigenvalue weighted by Gasteiger charge is 2.26. The Labute approximate surface area is 108 Å². The summed E-state index contributed by atoms with van der Waals surface area (Å²) in [5.41, 5.74) is 0. The first kappa shape index (κ1) is 14.5. The molecule has 0 heterocycles. The van der Waals surface area contributed by atoms with E-state index in [2.05, 4.69) is 19.2 Å². The van der Waals surface area contributed by atoms with Crippen LogP contribution >= 0.6 is 0 Å². The molecule has 1 aliphatic rings. The van der Waals surface area contributed by atoms with Crippen LogP contribution in [0.5, 0.6) is 0 Å². The maximum absolute atomic E-state index is 12.0. The lowest BCUT2D eigenvalue weighted by molar-refractivity contribution is -0.140. The van der Waals surface area contributed by atoms with Gasteiger partial charge in [-0.2, -0.15) is 0 Å². The average molecular weight is 254 g/mol. The Hall–Kier alpha value is -1.52. The van der Waals surface area contributed by atoms with E-state index in [0.29, 0.717) is 25.4 Å². The van der Waals surface area contributed by atoms with Crippen molar-refractivity contribution < 1.29 is 14.7 Å². The van der Waals surface area contributed by atoms with Gasteiger partial charge in [0.2, 0.25) is 0 Å². The molecule has 2 atom stereocenters. The highest BCUT2D eigenvalue weighted by Crippen LogP contribution is 2.18. The molecule has 0 aromatic carbocycles. The first-order chi connectivity index (χ1) is 8.43. The Bertz CT molecular complexity index is 339. The molecule has 0 bridgehead atoms. The Morgan fingerprint density at radius 2 is 2.11 bits per heavy atom. The summed E-state index contributed by atoms with van der Waals surface area (Å²) < 4.78 is 0. The van der Waals surface area contributed by atoms with Crippen molar-refractivity contribution in [2.45, 2.75) is 33.2 Å². The maximum atomic E-state index is 12.0. The predicted octanol–water partition coefficient (Wildman–Crippen LogP) is 1.70. The number of carbonyl (C=O) groups excluding carboxylic acids is 1. The van der Waals surface area contributed by atoms with Crippen LogP contribution in [0.4, 0.5) is 4.79 Å². The van der Waals surface area contributed by atoms with Crippen molar-refractivity contribution in [3.8, 4) is 0 Å². The molecule has 0 saturated carbocycles. The Kier molecular flexibility index (Phi) is 5.19. The van der Waals surface area contributed by atoms with Gasteiger partial charge in [0.15, 0.2) is 0 Å². The van der Waals surface area contributed by atoms with Gasteiger partial charge < -0.3 is 15.3 Å². The highest BCUT2D eigenvalue weighted by molar-refractivity contribution is 5.76. The van der Waals surface area contributed by atoms with Gasteiger partial charge >= 0.3 is 12.0 Å². The number of urea groups is 1. The summed E-state index contributed by atoms with van der Waals surface area (Å²) in [6.07, 6.45) is 3.85. The van der Waals surface area contributed by atoms with Gasteiger partial charge in [-0.25, -0.2) is 4.79 Å². The molecular formula is C13H22N2O3. The van der Waals surface area contributed by atoms with Gasteiger partial charge in [0.25, 0.3) is 0 Å². The number of amides is 2. The van der Waals surface area contributed by atoms with E-state index in [9.17, 15) is 9.59 Å². The zero-order valence-electron chi connectivity index (χ0n) is 11.2. The van der Waals surface area contributed by atoms with Crippen LogP contribution in [0.15, 0.2) is 12.2 Å². The molecule has 2 N–H and O–H groups in total. The molecule has 1 aliphatic carbocycles. The standard InChI is InChI=1S/C13H22N2O3/c1-4-15(8-9(2)3)13(18)14-11-6-5-10(7-11)12(16)17/h5-6,9-11H,4,7-8H2,1-3H3,(H,14,18)(H,16,17). The SMILES string of the molecule is CCN(CC(C)C)C(=O)NC1C=CC(C(=O)O)C1. The van der Waals surface area contributed by atoms with Crippen LogP contribution in [0.3, 0.4) is 0 Å². The number of hydrogen-bond acceptors (Lipinski definition) is 2. The summed E-state index contributed by atoms with van der Waals surface area (Å²) in [6.45, 7) is 7.42. The molecular weight excluding hydrogens is 232 g/mol. The fourth-order valence-corrected chi connectivity index (χ4v) is 2.04. The van der Waals surface area contributed by atoms with Crippen LogP contribution < -0.4 is 5.32 Å². The van der Waals surface area contributed by atoms with E-state index in [1.807, 2.05) is 6.92 Å². The average Bonchev–Trinajstić information content (AvgIpc) is 2.74. The van der Waals surface area contributed by atoms with Gasteiger partial charge in [-0.1, -0.05) is 26.0 Å². The predicted molar refractivity (Wildman–Crippen MR) is 69.3 cm³/mol. The summed E-state index contributed by atoms with van der Waals surface area (Å²) >= 11 is 0. The minimum absolute atomic E-state index is 0.119. The topological polar surface area (TPSA) is 69.6 Å². The third-order valence-corrected chi connectivity index (χ3v) is 2.96. The van der Waals surface area contributed by atoms with Crippen molar-refractivity contribution in [1.29, 1.82) is 0 Å². The normalized spacial score (nSPS) is 22.2. The number of carbonyl (C=O) groups is 2. The number of nitrogens with zero attached hydrogens (tertiary/aromatic N) is 1. The lowest BCUT2D eigenvalue weighted by atomic mass is 10.1. The van der Waals surface area contributed by atoms with Gasteiger partial charge in [-0.15, -0.1) is 0 Å². The summed E-state index contributed by atoms with van der Waals surface area (Å²) in [5, 5.41) is 11.7. The second-order valence-corrected chi connectivity index (χ2v) is 5.05. The van der Waals surface area contributed by atoms with Crippen molar-refractivity contribution in [3.63, 3.8) is 0 Å². The number of hydrogen-bond donors (Lipinski definition) is 2. The summed E-state index contributed by atoms with van der Waals surface area (Å²) in [4.78, 5) is 24.5. The quantitative estimate of drug-likeness (QED) is 0.734. The van der Waals surface area contributed by atoms with E-state index in [1.165, 1.54) is 0 Å². The lowest BCUT2D eigenvalue weighted by Crippen LogP contribution is -2.45.